The fraction of sp³-hybridized carbons (Fsp3) is 0.553. The van der Waals surface area contributed by atoms with Crippen LogP contribution in [-0.2, 0) is 18.2 Å². The number of hydrogen-bond donors (Lipinski definition) is 0. The van der Waals surface area contributed by atoms with Gasteiger partial charge in [-0.25, -0.2) is 14.2 Å². The number of rotatable bonds is 8. The van der Waals surface area contributed by atoms with E-state index >= 15 is 4.39 Å². The maximum atomic E-state index is 16.6. The van der Waals surface area contributed by atoms with Gasteiger partial charge in [-0.1, -0.05) is 0 Å². The summed E-state index contributed by atoms with van der Waals surface area (Å²) in [5, 5.41) is 15.2. The highest BCUT2D eigenvalue weighted by molar-refractivity contribution is 9.10. The topological polar surface area (TPSA) is 122 Å². The van der Waals surface area contributed by atoms with E-state index in [2.05, 4.69) is 43.6 Å². The molecule has 0 N–H and O–H groups in total. The quantitative estimate of drug-likeness (QED) is 0.194. The molecule has 4 fully saturated rings. The fourth-order valence-corrected chi connectivity index (χ4v) is 8.94. The molecule has 1 saturated carbocycles. The molecule has 8 rings (SSSR count). The average molecular weight is 778 g/mol. The minimum Gasteiger partial charge on any atom is -0.472 e. The van der Waals surface area contributed by atoms with E-state index in [1.54, 1.807) is 36.9 Å². The largest absolute Gasteiger partial charge is 0.472 e. The van der Waals surface area contributed by atoms with Crippen molar-refractivity contribution in [1.82, 2.24) is 34.0 Å². The van der Waals surface area contributed by atoms with Crippen LogP contribution < -0.4 is 4.74 Å². The van der Waals surface area contributed by atoms with Gasteiger partial charge in [-0.3, -0.25) is 14.4 Å². The van der Waals surface area contributed by atoms with Crippen molar-refractivity contribution in [2.24, 2.45) is 13.0 Å². The number of fused-ring (bicyclic) bond motifs is 4. The zero-order chi connectivity index (χ0) is 37.4. The van der Waals surface area contributed by atoms with E-state index < -0.39 is 11.4 Å². The summed E-state index contributed by atoms with van der Waals surface area (Å²) in [5.74, 6) is -0.377. The maximum Gasteiger partial charge on any atom is 0.410 e. The van der Waals surface area contributed by atoms with E-state index in [4.69, 9.17) is 14.5 Å². The van der Waals surface area contributed by atoms with Crippen molar-refractivity contribution in [2.45, 2.75) is 89.6 Å². The zero-order valence-electron chi connectivity index (χ0n) is 31.0. The Morgan fingerprint density at radius 3 is 2.62 bits per heavy atom. The Labute approximate surface area is 311 Å². The fourth-order valence-electron chi connectivity index (χ4n) is 8.44. The van der Waals surface area contributed by atoms with Gasteiger partial charge in [-0.05, 0) is 101 Å². The minimum absolute atomic E-state index is 0.0774. The number of benzene rings is 1. The van der Waals surface area contributed by atoms with Crippen LogP contribution in [0.5, 0.6) is 5.88 Å². The second kappa shape index (κ2) is 13.3. The summed E-state index contributed by atoms with van der Waals surface area (Å²) in [7, 11) is 7.23. The number of nitriles is 1. The molecule has 0 radical (unpaired) electrons. The molecular formula is C38H46BrFN8O4. The van der Waals surface area contributed by atoms with Crippen molar-refractivity contribution in [3.8, 4) is 23.2 Å². The van der Waals surface area contributed by atoms with Gasteiger partial charge in [0.25, 0.3) is 5.91 Å². The van der Waals surface area contributed by atoms with Crippen LogP contribution in [0.15, 0.2) is 22.8 Å². The number of nitrogens with zero attached hydrogens (tertiary/aromatic N) is 8. The van der Waals surface area contributed by atoms with Gasteiger partial charge in [-0.15, -0.1) is 0 Å². The molecule has 52 heavy (non-hydrogen) atoms. The summed E-state index contributed by atoms with van der Waals surface area (Å²) in [4.78, 5) is 37.7. The lowest BCUT2D eigenvalue weighted by atomic mass is 9.79. The summed E-state index contributed by atoms with van der Waals surface area (Å²) in [6.45, 7) is 9.06. The van der Waals surface area contributed by atoms with Crippen LogP contribution in [0.1, 0.15) is 75.5 Å². The first-order valence-corrected chi connectivity index (χ1v) is 18.7. The van der Waals surface area contributed by atoms with Gasteiger partial charge < -0.3 is 23.8 Å². The van der Waals surface area contributed by atoms with Gasteiger partial charge in [0.1, 0.15) is 22.9 Å². The molecule has 276 valence electrons. The predicted octanol–water partition coefficient (Wildman–Crippen LogP) is 6.69. The number of ether oxygens (including phenoxy) is 2. The Morgan fingerprint density at radius 1 is 1.21 bits per heavy atom. The summed E-state index contributed by atoms with van der Waals surface area (Å²) in [6, 6.07) is 5.82. The van der Waals surface area contributed by atoms with Gasteiger partial charge in [0, 0.05) is 57.0 Å². The Kier molecular flexibility index (Phi) is 9.26. The van der Waals surface area contributed by atoms with Gasteiger partial charge in [-0.2, -0.15) is 10.4 Å². The molecule has 1 aliphatic carbocycles. The maximum absolute atomic E-state index is 16.6. The van der Waals surface area contributed by atoms with Gasteiger partial charge in [0.15, 0.2) is 5.82 Å². The zero-order valence-corrected chi connectivity index (χ0v) is 32.6. The van der Waals surface area contributed by atoms with E-state index in [-0.39, 0.29) is 58.6 Å². The van der Waals surface area contributed by atoms with Gasteiger partial charge in [0.05, 0.1) is 45.4 Å². The second-order valence-electron chi connectivity index (χ2n) is 15.7. The van der Waals surface area contributed by atoms with Crippen molar-refractivity contribution in [2.75, 3.05) is 34.2 Å². The minimum atomic E-state index is -0.662. The number of aryl methyl sites for hydroxylation is 2. The number of likely N-dealkylation sites (tertiary alicyclic amines) is 1. The van der Waals surface area contributed by atoms with E-state index in [9.17, 15) is 14.9 Å². The summed E-state index contributed by atoms with van der Waals surface area (Å²) in [5.41, 5.74) is 2.53. The van der Waals surface area contributed by atoms with Crippen molar-refractivity contribution in [1.29, 1.82) is 5.26 Å². The van der Waals surface area contributed by atoms with Crippen molar-refractivity contribution >= 4 is 49.7 Å². The lowest BCUT2D eigenvalue weighted by Gasteiger charge is -2.39. The van der Waals surface area contributed by atoms with Crippen molar-refractivity contribution in [3.05, 3.63) is 39.9 Å². The van der Waals surface area contributed by atoms with Crippen LogP contribution in [0.3, 0.4) is 0 Å². The Bertz CT molecular complexity index is 2130. The first-order valence-electron chi connectivity index (χ1n) is 17.9. The molecule has 3 saturated heterocycles. The second-order valence-corrected chi connectivity index (χ2v) is 16.5. The molecular weight excluding hydrogens is 731 g/mol. The number of amides is 2. The monoisotopic (exact) mass is 776 g/mol. The van der Waals surface area contributed by atoms with E-state index in [0.29, 0.717) is 57.6 Å². The van der Waals surface area contributed by atoms with Crippen LogP contribution >= 0.6 is 15.9 Å². The average Bonchev–Trinajstić information content (AvgIpc) is 3.90. The first kappa shape index (κ1) is 36.2. The van der Waals surface area contributed by atoms with Crippen molar-refractivity contribution < 1.29 is 23.5 Å². The number of carbonyl (C=O) groups excluding carboxylic acids is 2. The molecule has 4 aliphatic rings. The number of halogens is 2. The van der Waals surface area contributed by atoms with E-state index in [0.717, 1.165) is 25.8 Å². The Morgan fingerprint density at radius 2 is 1.96 bits per heavy atom. The lowest BCUT2D eigenvalue weighted by Crippen LogP contribution is -2.44. The summed E-state index contributed by atoms with van der Waals surface area (Å²) in [6.07, 6.45) is 4.44. The molecule has 1 aromatic carbocycles. The van der Waals surface area contributed by atoms with Crippen molar-refractivity contribution in [3.63, 3.8) is 0 Å². The highest BCUT2D eigenvalue weighted by Gasteiger charge is 2.56. The highest BCUT2D eigenvalue weighted by Crippen LogP contribution is 2.54. The molecule has 0 spiro atoms. The third-order valence-corrected chi connectivity index (χ3v) is 11.8. The van der Waals surface area contributed by atoms with E-state index in [1.165, 1.54) is 4.90 Å². The molecule has 2 bridgehead atoms. The Balaban J connectivity index is 1.52. The molecule has 2 amide bonds. The van der Waals surface area contributed by atoms with Gasteiger partial charge >= 0.3 is 6.09 Å². The number of pyridine rings is 1. The SMILES string of the molecule is C[C@H](Oc1nc2c(F)c(Br)c(CCC#N)cc2c2c1cc(-c1cnn(C)c1C(=O)N(C)C)n2[C@@H]1C2C[C@@H]1CN2C(=O)OC(C)(C)C)[C@@H]1CCCN1C. The standard InChI is InChI=1S/C38H46BrFN8O4/c1-20(26-12-10-14-45(26)7)51-35-24-17-27(25-18-42-46(8)34(25)36(49)44(5)6)48(32-22-16-28(32)47(19-22)37(50)52-38(2,3)4)33(24)23-15-21(11-9-13-41)29(39)30(40)31(23)43-35/h15,17-18,20,22,26,28,32H,9-12,14,16,19H2,1-8H3/t20-,22+,26-,28?,32-/m0/s1. The highest BCUT2D eigenvalue weighted by atomic mass is 79.9. The summed E-state index contributed by atoms with van der Waals surface area (Å²) >= 11 is 3.48. The smallest absolute Gasteiger partial charge is 0.410 e. The molecule has 14 heteroatoms. The number of hydrogen-bond acceptors (Lipinski definition) is 8. The molecule has 3 aliphatic heterocycles. The molecule has 1 unspecified atom stereocenters. The summed E-state index contributed by atoms with van der Waals surface area (Å²) < 4.78 is 33.2. The van der Waals surface area contributed by atoms with E-state index in [1.807, 2.05) is 39.8 Å². The van der Waals surface area contributed by atoms with Crippen LogP contribution in [0.25, 0.3) is 33.1 Å². The normalized spacial score (nSPS) is 22.1. The van der Waals surface area contributed by atoms with Gasteiger partial charge in [0.2, 0.25) is 5.88 Å². The Hall–Kier alpha value is -4.22. The molecule has 12 nitrogen and oxygen atoms in total. The molecule has 6 heterocycles. The number of likely N-dealkylation sites (N-methyl/N-ethyl adjacent to an activating group) is 1. The first-order chi connectivity index (χ1) is 24.6. The lowest BCUT2D eigenvalue weighted by molar-refractivity contribution is 0.0211. The van der Waals surface area contributed by atoms with Crippen LogP contribution in [0, 0.1) is 23.1 Å². The van der Waals surface area contributed by atoms with Crippen LogP contribution in [0.2, 0.25) is 0 Å². The third kappa shape index (κ3) is 5.99. The predicted molar refractivity (Wildman–Crippen MR) is 199 cm³/mol. The molecule has 4 aromatic rings. The third-order valence-electron chi connectivity index (χ3n) is 10.9. The van der Waals surface area contributed by atoms with Crippen LogP contribution in [-0.4, -0.2) is 104 Å². The molecule has 5 atom stereocenters. The number of aromatic nitrogens is 4. The number of carbonyl (C=O) groups is 2. The molecule has 3 aromatic heterocycles. The van der Waals surface area contributed by atoms with Crippen LogP contribution in [0.4, 0.5) is 9.18 Å².